The van der Waals surface area contributed by atoms with Gasteiger partial charge in [0.1, 0.15) is 0 Å². The van der Waals surface area contributed by atoms with Gasteiger partial charge < -0.3 is 5.32 Å². The minimum absolute atomic E-state index is 0.0244. The van der Waals surface area contributed by atoms with Crippen LogP contribution >= 0.6 is 23.2 Å². The Morgan fingerprint density at radius 2 is 1.76 bits per heavy atom. The van der Waals surface area contributed by atoms with E-state index in [1.807, 2.05) is 11.8 Å². The van der Waals surface area contributed by atoms with E-state index in [-0.39, 0.29) is 21.9 Å². The van der Waals surface area contributed by atoms with Gasteiger partial charge in [-0.15, -0.1) is 0 Å². The number of carbonyl (C=O) groups excluding carboxylic acids is 1. The number of amides is 1. The predicted molar refractivity (Wildman–Crippen MR) is 116 cm³/mol. The molecule has 1 aliphatic carbocycles. The molecule has 3 rings (SSSR count). The number of halogens is 2. The monoisotopic (exact) mass is 461 g/mol. The van der Waals surface area contributed by atoms with E-state index in [2.05, 4.69) is 5.32 Å². The van der Waals surface area contributed by atoms with Crippen molar-refractivity contribution < 1.29 is 13.2 Å². The van der Waals surface area contributed by atoms with Gasteiger partial charge in [-0.3, -0.25) is 9.69 Å². The van der Waals surface area contributed by atoms with Crippen LogP contribution in [0.15, 0.2) is 23.1 Å². The molecule has 1 aliphatic heterocycles. The van der Waals surface area contributed by atoms with Gasteiger partial charge >= 0.3 is 0 Å². The fraction of sp³-hybridized carbons (Fsp3) is 0.650. The Morgan fingerprint density at radius 1 is 1.10 bits per heavy atom. The molecule has 0 bridgehead atoms. The maximum absolute atomic E-state index is 12.9. The Labute approximate surface area is 183 Å². The molecule has 1 aromatic carbocycles. The van der Waals surface area contributed by atoms with Crippen LogP contribution in [0.3, 0.4) is 0 Å². The van der Waals surface area contributed by atoms with Crippen molar-refractivity contribution in [3.05, 3.63) is 28.2 Å². The normalized spacial score (nSPS) is 21.1. The Balaban J connectivity index is 1.52. The lowest BCUT2D eigenvalue weighted by Crippen LogP contribution is -2.55. The molecule has 0 radical (unpaired) electrons. The molecule has 1 saturated heterocycles. The zero-order chi connectivity index (χ0) is 21.0. The summed E-state index contributed by atoms with van der Waals surface area (Å²) in [6, 6.07) is 4.07. The maximum Gasteiger partial charge on any atom is 0.243 e. The van der Waals surface area contributed by atoms with E-state index in [4.69, 9.17) is 23.2 Å². The molecule has 2 fully saturated rings. The quantitative estimate of drug-likeness (QED) is 0.704. The van der Waals surface area contributed by atoms with Crippen molar-refractivity contribution in [2.45, 2.75) is 50.0 Å². The molecule has 6 nitrogen and oxygen atoms in total. The molecule has 1 aromatic rings. The van der Waals surface area contributed by atoms with E-state index in [0.29, 0.717) is 37.1 Å². The lowest BCUT2D eigenvalue weighted by molar-refractivity contribution is -0.126. The molecule has 1 atom stereocenters. The van der Waals surface area contributed by atoms with Crippen LogP contribution in [0.5, 0.6) is 0 Å². The summed E-state index contributed by atoms with van der Waals surface area (Å²) >= 11 is 11.9. The number of benzene rings is 1. The number of nitrogens with one attached hydrogen (secondary N) is 1. The van der Waals surface area contributed by atoms with Crippen molar-refractivity contribution in [1.29, 1.82) is 0 Å². The smallest absolute Gasteiger partial charge is 0.243 e. The van der Waals surface area contributed by atoms with Crippen LogP contribution in [0.1, 0.15) is 39.0 Å². The molecule has 1 heterocycles. The van der Waals surface area contributed by atoms with E-state index >= 15 is 0 Å². The Bertz CT molecular complexity index is 820. The second-order valence-electron chi connectivity index (χ2n) is 7.94. The first kappa shape index (κ1) is 22.8. The van der Waals surface area contributed by atoms with Gasteiger partial charge in [0.15, 0.2) is 0 Å². The molecule has 0 aromatic heterocycles. The van der Waals surface area contributed by atoms with Gasteiger partial charge in [0.25, 0.3) is 0 Å². The fourth-order valence-electron chi connectivity index (χ4n) is 4.07. The van der Waals surface area contributed by atoms with Gasteiger partial charge in [-0.25, -0.2) is 8.42 Å². The molecule has 1 unspecified atom stereocenters. The van der Waals surface area contributed by atoms with E-state index in [1.165, 1.54) is 54.6 Å². The van der Waals surface area contributed by atoms with E-state index in [9.17, 15) is 13.2 Å². The number of sulfonamides is 1. The Kier molecular flexibility index (Phi) is 7.84. The van der Waals surface area contributed by atoms with Crippen molar-refractivity contribution in [3.63, 3.8) is 0 Å². The maximum atomic E-state index is 12.9. The van der Waals surface area contributed by atoms with Gasteiger partial charge in [0.05, 0.1) is 21.0 Å². The largest absolute Gasteiger partial charge is 0.354 e. The average Bonchev–Trinajstić information content (AvgIpc) is 2.74. The summed E-state index contributed by atoms with van der Waals surface area (Å²) in [6.45, 7) is 4.33. The highest BCUT2D eigenvalue weighted by atomic mass is 35.5. The number of rotatable bonds is 6. The van der Waals surface area contributed by atoms with Gasteiger partial charge in [0.2, 0.25) is 15.9 Å². The molecule has 1 amide bonds. The van der Waals surface area contributed by atoms with Crippen molar-refractivity contribution in [1.82, 2.24) is 14.5 Å². The highest BCUT2D eigenvalue weighted by Crippen LogP contribution is 2.27. The second-order valence-corrected chi connectivity index (χ2v) is 10.7. The molecular weight excluding hydrogens is 433 g/mol. The van der Waals surface area contributed by atoms with Crippen molar-refractivity contribution >= 4 is 39.1 Å². The highest BCUT2D eigenvalue weighted by Gasteiger charge is 2.32. The summed E-state index contributed by atoms with van der Waals surface area (Å²) in [5.74, 6) is 0.615. The van der Waals surface area contributed by atoms with Crippen LogP contribution < -0.4 is 5.32 Å². The molecular formula is C20H29Cl2N3O3S. The van der Waals surface area contributed by atoms with Crippen molar-refractivity contribution in [2.75, 3.05) is 32.7 Å². The lowest BCUT2D eigenvalue weighted by Gasteiger charge is -2.37. The summed E-state index contributed by atoms with van der Waals surface area (Å²) in [6.07, 6.45) is 6.20. The SMILES string of the molecule is CC(C(=O)NCC1CCCCC1)N1CCN(S(=O)(=O)c2ccc(Cl)c(Cl)c2)CC1. The molecule has 1 saturated carbocycles. The molecule has 0 spiro atoms. The topological polar surface area (TPSA) is 69.7 Å². The third-order valence-electron chi connectivity index (χ3n) is 6.02. The van der Waals surface area contributed by atoms with Crippen LogP contribution in [-0.4, -0.2) is 62.3 Å². The summed E-state index contributed by atoms with van der Waals surface area (Å²) in [5.41, 5.74) is 0. The number of hydrogen-bond donors (Lipinski definition) is 1. The molecule has 2 aliphatic rings. The Hall–Kier alpha value is -0.860. The van der Waals surface area contributed by atoms with Crippen LogP contribution in [0, 0.1) is 5.92 Å². The minimum Gasteiger partial charge on any atom is -0.354 e. The zero-order valence-corrected chi connectivity index (χ0v) is 19.1. The molecule has 29 heavy (non-hydrogen) atoms. The van der Waals surface area contributed by atoms with Crippen molar-refractivity contribution in [2.24, 2.45) is 5.92 Å². The van der Waals surface area contributed by atoms with E-state index in [1.54, 1.807) is 0 Å². The number of nitrogens with zero attached hydrogens (tertiary/aromatic N) is 2. The van der Waals surface area contributed by atoms with Crippen LogP contribution in [-0.2, 0) is 14.8 Å². The first-order valence-electron chi connectivity index (χ1n) is 10.3. The highest BCUT2D eigenvalue weighted by molar-refractivity contribution is 7.89. The van der Waals surface area contributed by atoms with Gasteiger partial charge in [0, 0.05) is 32.7 Å². The first-order valence-corrected chi connectivity index (χ1v) is 12.5. The van der Waals surface area contributed by atoms with Crippen LogP contribution in [0.25, 0.3) is 0 Å². The minimum atomic E-state index is -3.63. The number of hydrogen-bond acceptors (Lipinski definition) is 4. The predicted octanol–water partition coefficient (Wildman–Crippen LogP) is 3.38. The standard InChI is InChI=1S/C20H29Cl2N3O3S/c1-15(20(26)23-14-16-5-3-2-4-6-16)24-9-11-25(12-10-24)29(27,28)17-7-8-18(21)19(22)13-17/h7-8,13,15-16H,2-6,9-12,14H2,1H3,(H,23,26). The second kappa shape index (κ2) is 9.96. The van der Waals surface area contributed by atoms with E-state index in [0.717, 1.165) is 6.54 Å². The first-order chi connectivity index (χ1) is 13.8. The van der Waals surface area contributed by atoms with Crippen LogP contribution in [0.2, 0.25) is 10.0 Å². The van der Waals surface area contributed by atoms with Gasteiger partial charge in [-0.1, -0.05) is 42.5 Å². The van der Waals surface area contributed by atoms with Crippen LogP contribution in [0.4, 0.5) is 0 Å². The molecule has 1 N–H and O–H groups in total. The fourth-order valence-corrected chi connectivity index (χ4v) is 5.88. The summed E-state index contributed by atoms with van der Waals surface area (Å²) in [4.78, 5) is 14.7. The third-order valence-corrected chi connectivity index (χ3v) is 8.65. The number of piperazine rings is 1. The van der Waals surface area contributed by atoms with Gasteiger partial charge in [-0.2, -0.15) is 4.31 Å². The van der Waals surface area contributed by atoms with E-state index < -0.39 is 10.0 Å². The number of carbonyl (C=O) groups is 1. The summed E-state index contributed by atoms with van der Waals surface area (Å²) < 4.78 is 27.2. The lowest BCUT2D eigenvalue weighted by atomic mass is 9.89. The molecule has 9 heteroatoms. The van der Waals surface area contributed by atoms with Crippen molar-refractivity contribution in [3.8, 4) is 0 Å². The zero-order valence-electron chi connectivity index (χ0n) is 16.7. The third kappa shape index (κ3) is 5.64. The van der Waals surface area contributed by atoms with Gasteiger partial charge in [-0.05, 0) is 43.9 Å². The summed E-state index contributed by atoms with van der Waals surface area (Å²) in [7, 11) is -3.63. The molecule has 162 valence electrons. The average molecular weight is 462 g/mol. The summed E-state index contributed by atoms with van der Waals surface area (Å²) in [5, 5.41) is 3.63. The Morgan fingerprint density at radius 3 is 2.38 bits per heavy atom.